The molecule has 0 aromatic carbocycles. The lowest BCUT2D eigenvalue weighted by Crippen LogP contribution is -2.37. The molecule has 0 aromatic heterocycles. The second-order valence-electron chi connectivity index (χ2n) is 3.61. The van der Waals surface area contributed by atoms with E-state index in [4.69, 9.17) is 5.11 Å². The SMILES string of the molecule is CCCC(C)N(C)S(=O)(=O)CCC(=O)O. The molecular weight excluding hydrogens is 218 g/mol. The van der Waals surface area contributed by atoms with Crippen molar-refractivity contribution in [2.45, 2.75) is 39.2 Å². The van der Waals surface area contributed by atoms with Crippen LogP contribution >= 0.6 is 0 Å². The Kier molecular flexibility index (Phi) is 5.82. The van der Waals surface area contributed by atoms with Crippen LogP contribution in [-0.2, 0) is 14.8 Å². The summed E-state index contributed by atoms with van der Waals surface area (Å²) in [6.45, 7) is 3.80. The van der Waals surface area contributed by atoms with E-state index in [0.717, 1.165) is 12.8 Å². The molecule has 1 unspecified atom stereocenters. The molecule has 1 atom stereocenters. The van der Waals surface area contributed by atoms with Gasteiger partial charge in [-0.2, -0.15) is 0 Å². The van der Waals surface area contributed by atoms with Crippen LogP contribution in [0, 0.1) is 0 Å². The van der Waals surface area contributed by atoms with Crippen molar-refractivity contribution in [2.75, 3.05) is 12.8 Å². The van der Waals surface area contributed by atoms with Crippen molar-refractivity contribution in [2.24, 2.45) is 0 Å². The molecule has 0 aliphatic carbocycles. The number of nitrogens with zero attached hydrogens (tertiary/aromatic N) is 1. The Balaban J connectivity index is 4.38. The topological polar surface area (TPSA) is 74.7 Å². The third-order valence-corrected chi connectivity index (χ3v) is 4.30. The molecule has 0 amide bonds. The largest absolute Gasteiger partial charge is 0.481 e. The fourth-order valence-electron chi connectivity index (χ4n) is 1.23. The second kappa shape index (κ2) is 6.07. The van der Waals surface area contributed by atoms with Gasteiger partial charge in [-0.3, -0.25) is 4.79 Å². The van der Waals surface area contributed by atoms with Crippen molar-refractivity contribution in [1.82, 2.24) is 4.31 Å². The zero-order valence-electron chi connectivity index (χ0n) is 9.43. The Morgan fingerprint density at radius 3 is 2.40 bits per heavy atom. The van der Waals surface area contributed by atoms with Crippen LogP contribution in [0.5, 0.6) is 0 Å². The van der Waals surface area contributed by atoms with E-state index in [-0.39, 0.29) is 18.2 Å². The molecule has 0 heterocycles. The summed E-state index contributed by atoms with van der Waals surface area (Å²) in [5, 5.41) is 8.42. The summed E-state index contributed by atoms with van der Waals surface area (Å²) in [6.07, 6.45) is 1.34. The zero-order chi connectivity index (χ0) is 12.1. The monoisotopic (exact) mass is 237 g/mol. The van der Waals surface area contributed by atoms with Gasteiger partial charge in [0, 0.05) is 13.1 Å². The maximum absolute atomic E-state index is 11.6. The molecule has 0 aliphatic rings. The van der Waals surface area contributed by atoms with Crippen LogP contribution < -0.4 is 0 Å². The number of carbonyl (C=O) groups is 1. The van der Waals surface area contributed by atoms with Crippen LogP contribution in [0.25, 0.3) is 0 Å². The fraction of sp³-hybridized carbons (Fsp3) is 0.889. The minimum absolute atomic E-state index is 0.0752. The van der Waals surface area contributed by atoms with E-state index in [1.807, 2.05) is 13.8 Å². The van der Waals surface area contributed by atoms with E-state index in [2.05, 4.69) is 0 Å². The molecular formula is C9H19NO4S. The highest BCUT2D eigenvalue weighted by molar-refractivity contribution is 7.89. The summed E-state index contributed by atoms with van der Waals surface area (Å²) in [6, 6.07) is -0.0752. The van der Waals surface area contributed by atoms with Crippen molar-refractivity contribution >= 4 is 16.0 Å². The maximum Gasteiger partial charge on any atom is 0.304 e. The van der Waals surface area contributed by atoms with Crippen molar-refractivity contribution in [1.29, 1.82) is 0 Å². The first-order chi connectivity index (χ1) is 6.81. The van der Waals surface area contributed by atoms with Gasteiger partial charge in [0.05, 0.1) is 12.2 Å². The van der Waals surface area contributed by atoms with E-state index in [9.17, 15) is 13.2 Å². The van der Waals surface area contributed by atoms with Gasteiger partial charge in [-0.15, -0.1) is 0 Å². The van der Waals surface area contributed by atoms with Gasteiger partial charge < -0.3 is 5.11 Å². The Morgan fingerprint density at radius 1 is 1.47 bits per heavy atom. The van der Waals surface area contributed by atoms with Crippen LogP contribution in [0.2, 0.25) is 0 Å². The van der Waals surface area contributed by atoms with Gasteiger partial charge in [-0.25, -0.2) is 12.7 Å². The molecule has 0 aliphatic heterocycles. The predicted octanol–water partition coefficient (Wildman–Crippen LogP) is 0.911. The summed E-state index contributed by atoms with van der Waals surface area (Å²) < 4.78 is 24.5. The normalized spacial score (nSPS) is 14.1. The van der Waals surface area contributed by atoms with E-state index >= 15 is 0 Å². The number of carboxylic acids is 1. The summed E-state index contributed by atoms with van der Waals surface area (Å²) in [4.78, 5) is 10.3. The molecule has 0 saturated carbocycles. The Hall–Kier alpha value is -0.620. The number of aliphatic carboxylic acids is 1. The van der Waals surface area contributed by atoms with Gasteiger partial charge in [-0.1, -0.05) is 13.3 Å². The minimum atomic E-state index is -3.42. The summed E-state index contributed by atoms with van der Waals surface area (Å²) in [7, 11) is -1.93. The van der Waals surface area contributed by atoms with Gasteiger partial charge >= 0.3 is 5.97 Å². The molecule has 90 valence electrons. The van der Waals surface area contributed by atoms with Crippen LogP contribution in [0.1, 0.15) is 33.1 Å². The quantitative estimate of drug-likeness (QED) is 0.714. The van der Waals surface area contributed by atoms with Crippen molar-refractivity contribution in [3.8, 4) is 0 Å². The van der Waals surface area contributed by atoms with Gasteiger partial charge in [-0.05, 0) is 13.3 Å². The Labute approximate surface area is 91.1 Å². The molecule has 0 fully saturated rings. The zero-order valence-corrected chi connectivity index (χ0v) is 10.2. The van der Waals surface area contributed by atoms with Gasteiger partial charge in [0.2, 0.25) is 10.0 Å². The fourth-order valence-corrected chi connectivity index (χ4v) is 2.61. The predicted molar refractivity (Wildman–Crippen MR) is 58.2 cm³/mol. The number of hydrogen-bond donors (Lipinski definition) is 1. The molecule has 0 radical (unpaired) electrons. The Morgan fingerprint density at radius 2 is 2.00 bits per heavy atom. The van der Waals surface area contributed by atoms with E-state index in [1.54, 1.807) is 0 Å². The van der Waals surface area contributed by atoms with E-state index in [1.165, 1.54) is 11.4 Å². The molecule has 0 saturated heterocycles. The van der Waals surface area contributed by atoms with Crippen LogP contribution in [0.3, 0.4) is 0 Å². The van der Waals surface area contributed by atoms with E-state index in [0.29, 0.717) is 0 Å². The third-order valence-electron chi connectivity index (χ3n) is 2.34. The highest BCUT2D eigenvalue weighted by Crippen LogP contribution is 2.10. The number of hydrogen-bond acceptors (Lipinski definition) is 3. The molecule has 0 aromatic rings. The average Bonchev–Trinajstić information content (AvgIpc) is 2.14. The van der Waals surface area contributed by atoms with Crippen molar-refractivity contribution < 1.29 is 18.3 Å². The smallest absolute Gasteiger partial charge is 0.304 e. The molecule has 15 heavy (non-hydrogen) atoms. The molecule has 5 nitrogen and oxygen atoms in total. The van der Waals surface area contributed by atoms with E-state index < -0.39 is 16.0 Å². The molecule has 0 spiro atoms. The van der Waals surface area contributed by atoms with Crippen molar-refractivity contribution in [3.63, 3.8) is 0 Å². The highest BCUT2D eigenvalue weighted by Gasteiger charge is 2.23. The molecule has 0 rings (SSSR count). The highest BCUT2D eigenvalue weighted by atomic mass is 32.2. The molecule has 0 bridgehead atoms. The third kappa shape index (κ3) is 5.13. The number of carboxylic acid groups (broad SMARTS) is 1. The standard InChI is InChI=1S/C9H19NO4S/c1-4-5-8(2)10(3)15(13,14)7-6-9(11)12/h8H,4-7H2,1-3H3,(H,11,12). The summed E-state index contributed by atoms with van der Waals surface area (Å²) >= 11 is 0. The lowest BCUT2D eigenvalue weighted by molar-refractivity contribution is -0.136. The Bertz CT molecular complexity index is 299. The van der Waals surface area contributed by atoms with Crippen LogP contribution in [0.4, 0.5) is 0 Å². The van der Waals surface area contributed by atoms with Gasteiger partial charge in [0.25, 0.3) is 0 Å². The van der Waals surface area contributed by atoms with Gasteiger partial charge in [0.1, 0.15) is 0 Å². The number of rotatable bonds is 7. The number of sulfonamides is 1. The lowest BCUT2D eigenvalue weighted by Gasteiger charge is -2.23. The second-order valence-corrected chi connectivity index (χ2v) is 5.76. The maximum atomic E-state index is 11.6. The molecule has 1 N–H and O–H groups in total. The van der Waals surface area contributed by atoms with Crippen LogP contribution in [0.15, 0.2) is 0 Å². The summed E-state index contributed by atoms with van der Waals surface area (Å²) in [5.74, 6) is -1.41. The van der Waals surface area contributed by atoms with Crippen molar-refractivity contribution in [3.05, 3.63) is 0 Å². The van der Waals surface area contributed by atoms with Gasteiger partial charge in [0.15, 0.2) is 0 Å². The summed E-state index contributed by atoms with van der Waals surface area (Å²) in [5.41, 5.74) is 0. The first-order valence-electron chi connectivity index (χ1n) is 4.98. The average molecular weight is 237 g/mol. The first-order valence-corrected chi connectivity index (χ1v) is 6.59. The minimum Gasteiger partial charge on any atom is -0.481 e. The van der Waals surface area contributed by atoms with Crippen LogP contribution in [-0.4, -0.2) is 42.6 Å². The first kappa shape index (κ1) is 14.4. The molecule has 6 heteroatoms. The lowest BCUT2D eigenvalue weighted by atomic mass is 10.2.